The van der Waals surface area contributed by atoms with Crippen LogP contribution in [0, 0.1) is 11.6 Å². The Morgan fingerprint density at radius 2 is 2.00 bits per heavy atom. The molecular weight excluding hydrogens is 454 g/mol. The van der Waals surface area contributed by atoms with Crippen molar-refractivity contribution in [3.63, 3.8) is 0 Å². The van der Waals surface area contributed by atoms with Gasteiger partial charge in [0.1, 0.15) is 11.8 Å². The van der Waals surface area contributed by atoms with Gasteiger partial charge in [-0.25, -0.2) is 18.6 Å². The van der Waals surface area contributed by atoms with E-state index in [0.717, 1.165) is 22.1 Å². The molecule has 1 aromatic carbocycles. The number of nitrogens with zero attached hydrogens (tertiary/aromatic N) is 4. The van der Waals surface area contributed by atoms with E-state index in [4.69, 9.17) is 21.2 Å². The Morgan fingerprint density at radius 3 is 2.62 bits per heavy atom. The van der Waals surface area contributed by atoms with E-state index >= 15 is 0 Å². The van der Waals surface area contributed by atoms with E-state index in [1.165, 1.54) is 11.1 Å². The van der Waals surface area contributed by atoms with Crippen molar-refractivity contribution in [3.8, 4) is 0 Å². The zero-order valence-corrected chi connectivity index (χ0v) is 18.5. The topological polar surface area (TPSA) is 151 Å². The highest BCUT2D eigenvalue weighted by Gasteiger charge is 2.33. The summed E-state index contributed by atoms with van der Waals surface area (Å²) in [7, 11) is 0. The van der Waals surface area contributed by atoms with E-state index in [2.05, 4.69) is 22.5 Å². The second-order valence-corrected chi connectivity index (χ2v) is 7.49. The molecule has 3 rings (SSSR count). The van der Waals surface area contributed by atoms with Gasteiger partial charge in [-0.05, 0) is 6.72 Å². The summed E-state index contributed by atoms with van der Waals surface area (Å²) in [6.45, 7) is 4.23. The van der Waals surface area contributed by atoms with Crippen molar-refractivity contribution in [3.05, 3.63) is 35.7 Å². The van der Waals surface area contributed by atoms with Crippen LogP contribution in [-0.4, -0.2) is 82.3 Å². The highest BCUT2D eigenvalue weighted by Crippen LogP contribution is 2.31. The first-order chi connectivity index (χ1) is 16.4. The summed E-state index contributed by atoms with van der Waals surface area (Å²) in [5, 5.41) is 4.04. The third-order valence-corrected chi connectivity index (χ3v) is 5.26. The second-order valence-electron chi connectivity index (χ2n) is 7.49. The Balaban J connectivity index is 1.61. The fourth-order valence-electron chi connectivity index (χ4n) is 3.57. The van der Waals surface area contributed by atoms with Gasteiger partial charge in [0.15, 0.2) is 11.6 Å². The summed E-state index contributed by atoms with van der Waals surface area (Å²) in [4.78, 5) is 36.2. The van der Waals surface area contributed by atoms with E-state index in [9.17, 15) is 18.4 Å². The molecule has 0 bridgehead atoms. The Morgan fingerprint density at radius 1 is 1.26 bits per heavy atom. The number of aliphatic imine (C=N–C) groups is 1. The standard InChI is InChI=1S/C20H28F2N8O4/c1-25-13(10-27-24)9-26-11-18(31)30-3-2-28(4-5-33-30)19-16(21)6-14(7-17(19)22)29-12-15(8-23)34-20(29)32/h6-7,10,15,26-27H,1-5,8-9,11-12,23-24H2/b13-10-/t15-/m0/s1. The molecule has 6 N–H and O–H groups in total. The van der Waals surface area contributed by atoms with E-state index < -0.39 is 23.8 Å². The first-order valence-corrected chi connectivity index (χ1v) is 10.6. The number of hydrazine groups is 1. The second kappa shape index (κ2) is 11.7. The number of nitrogens with one attached hydrogen (secondary N) is 2. The maximum atomic E-state index is 14.9. The molecule has 14 heteroatoms. The molecule has 0 aromatic heterocycles. The maximum absolute atomic E-state index is 14.9. The third-order valence-electron chi connectivity index (χ3n) is 5.26. The highest BCUT2D eigenvalue weighted by molar-refractivity contribution is 5.90. The molecule has 1 aromatic rings. The van der Waals surface area contributed by atoms with Gasteiger partial charge in [0.2, 0.25) is 0 Å². The van der Waals surface area contributed by atoms with Crippen molar-refractivity contribution in [2.24, 2.45) is 16.6 Å². The lowest BCUT2D eigenvalue weighted by atomic mass is 10.2. The van der Waals surface area contributed by atoms with Gasteiger partial charge in [-0.3, -0.25) is 25.4 Å². The van der Waals surface area contributed by atoms with Gasteiger partial charge in [0.25, 0.3) is 5.91 Å². The molecule has 2 fully saturated rings. The summed E-state index contributed by atoms with van der Waals surface area (Å²) >= 11 is 0. The Hall–Kier alpha value is -3.33. The number of benzene rings is 1. The lowest BCUT2D eigenvalue weighted by Gasteiger charge is -2.24. The number of rotatable bonds is 9. The van der Waals surface area contributed by atoms with Crippen molar-refractivity contribution in [1.29, 1.82) is 0 Å². The molecule has 0 radical (unpaired) electrons. The van der Waals surface area contributed by atoms with Crippen LogP contribution in [0.25, 0.3) is 0 Å². The van der Waals surface area contributed by atoms with Gasteiger partial charge in [-0.2, -0.15) is 0 Å². The summed E-state index contributed by atoms with van der Waals surface area (Å²) in [6.07, 6.45) is 0.188. The average Bonchev–Trinajstić information content (AvgIpc) is 3.03. The molecule has 2 saturated heterocycles. The van der Waals surface area contributed by atoms with Gasteiger partial charge < -0.3 is 26.1 Å². The van der Waals surface area contributed by atoms with Gasteiger partial charge in [-0.1, -0.05) is 0 Å². The molecule has 2 amide bonds. The first kappa shape index (κ1) is 25.3. The minimum atomic E-state index is -0.842. The molecule has 186 valence electrons. The zero-order chi connectivity index (χ0) is 24.7. The van der Waals surface area contributed by atoms with Crippen LogP contribution in [-0.2, 0) is 14.4 Å². The molecule has 2 aliphatic rings. The molecule has 0 saturated carbocycles. The molecular formula is C20H28F2N8O4. The van der Waals surface area contributed by atoms with Crippen LogP contribution in [0.5, 0.6) is 0 Å². The third kappa shape index (κ3) is 5.96. The SMILES string of the molecule is C=N/C(=C\NN)CNCC(=O)N1CCN(c2c(F)cc(N3C[C@H](CN)OC3=O)cc2F)CCO1. The van der Waals surface area contributed by atoms with Crippen molar-refractivity contribution in [2.45, 2.75) is 6.10 Å². The number of halogens is 2. The van der Waals surface area contributed by atoms with Crippen LogP contribution in [0.2, 0.25) is 0 Å². The van der Waals surface area contributed by atoms with Gasteiger partial charge in [-0.15, -0.1) is 0 Å². The molecule has 1 atom stereocenters. The number of ether oxygens (including phenoxy) is 1. The van der Waals surface area contributed by atoms with Crippen LogP contribution in [0.4, 0.5) is 25.0 Å². The maximum Gasteiger partial charge on any atom is 0.414 e. The van der Waals surface area contributed by atoms with Crippen LogP contribution in [0.15, 0.2) is 29.0 Å². The number of amides is 2. The quantitative estimate of drug-likeness (QED) is 0.206. The molecule has 2 aliphatic heterocycles. The lowest BCUT2D eigenvalue weighted by molar-refractivity contribution is -0.180. The fourth-order valence-corrected chi connectivity index (χ4v) is 3.57. The Labute approximate surface area is 195 Å². The number of hydrogen-bond donors (Lipinski definition) is 4. The van der Waals surface area contributed by atoms with Gasteiger partial charge >= 0.3 is 6.09 Å². The smallest absolute Gasteiger partial charge is 0.414 e. The summed E-state index contributed by atoms with van der Waals surface area (Å²) in [5.74, 6) is 3.15. The van der Waals surface area contributed by atoms with Crippen LogP contribution >= 0.6 is 0 Å². The minimum Gasteiger partial charge on any atom is -0.443 e. The highest BCUT2D eigenvalue weighted by atomic mass is 19.1. The molecule has 2 heterocycles. The predicted octanol–water partition coefficient (Wildman–Crippen LogP) is -0.576. The largest absolute Gasteiger partial charge is 0.443 e. The van der Waals surface area contributed by atoms with Gasteiger partial charge in [0.05, 0.1) is 37.6 Å². The van der Waals surface area contributed by atoms with Crippen LogP contribution in [0.3, 0.4) is 0 Å². The van der Waals surface area contributed by atoms with E-state index in [1.54, 1.807) is 0 Å². The van der Waals surface area contributed by atoms with Crippen molar-refractivity contribution >= 4 is 30.1 Å². The number of cyclic esters (lactones) is 1. The molecule has 0 spiro atoms. The van der Waals surface area contributed by atoms with E-state index in [-0.39, 0.29) is 69.7 Å². The minimum absolute atomic E-state index is 0.0411. The number of nitrogens with two attached hydrogens (primary N) is 2. The van der Waals surface area contributed by atoms with E-state index in [0.29, 0.717) is 5.70 Å². The Kier molecular flexibility index (Phi) is 8.70. The number of carbonyl (C=O) groups excluding carboxylic acids is 2. The number of hydroxylamine groups is 2. The molecule has 12 nitrogen and oxygen atoms in total. The first-order valence-electron chi connectivity index (χ1n) is 10.6. The molecule has 0 aliphatic carbocycles. The van der Waals surface area contributed by atoms with Gasteiger partial charge in [0, 0.05) is 44.5 Å². The van der Waals surface area contributed by atoms with Crippen LogP contribution in [0.1, 0.15) is 0 Å². The normalized spacial score (nSPS) is 19.2. The van der Waals surface area contributed by atoms with Crippen molar-refractivity contribution < 1.29 is 27.9 Å². The average molecular weight is 482 g/mol. The molecule has 34 heavy (non-hydrogen) atoms. The fraction of sp³-hybridized carbons (Fsp3) is 0.450. The van der Waals surface area contributed by atoms with Crippen LogP contribution < -0.4 is 32.1 Å². The number of hydrogen-bond acceptors (Lipinski definition) is 10. The zero-order valence-electron chi connectivity index (χ0n) is 18.5. The van der Waals surface area contributed by atoms with E-state index in [1.807, 2.05) is 0 Å². The van der Waals surface area contributed by atoms with Crippen molar-refractivity contribution in [1.82, 2.24) is 15.8 Å². The predicted molar refractivity (Wildman–Crippen MR) is 121 cm³/mol. The molecule has 0 unspecified atom stereocenters. The Bertz CT molecular complexity index is 924. The number of carbonyl (C=O) groups is 2. The summed E-state index contributed by atoms with van der Waals surface area (Å²) in [5.41, 5.74) is 8.13. The van der Waals surface area contributed by atoms with Crippen molar-refractivity contribution in [2.75, 3.05) is 62.2 Å². The monoisotopic (exact) mass is 482 g/mol. The summed E-state index contributed by atoms with van der Waals surface area (Å²) in [6, 6.07) is 2.15. The lowest BCUT2D eigenvalue weighted by Crippen LogP contribution is -2.40. The number of anilines is 2. The summed E-state index contributed by atoms with van der Waals surface area (Å²) < 4.78 is 34.9.